The third-order valence-electron chi connectivity index (χ3n) is 5.18. The summed E-state index contributed by atoms with van der Waals surface area (Å²) in [6.45, 7) is 2.11. The van der Waals surface area contributed by atoms with E-state index in [1.807, 2.05) is 55.5 Å². The van der Waals surface area contributed by atoms with Crippen LogP contribution in [0.15, 0.2) is 60.7 Å². The standard InChI is InChI=1S/C23H26N4O4/c1-2-14-23(18-11-7-4-8-12-18)20(29)27(22(31)26-23)15-13-19(28)25-21(30)24-16-17-9-5-3-6-10-17/h3-12H,2,13-16H2,1H3,(H,26,31)(H2,24,25,28,30). The number of nitrogens with zero attached hydrogens (tertiary/aromatic N) is 1. The maximum atomic E-state index is 13.2. The van der Waals surface area contributed by atoms with Gasteiger partial charge in [0, 0.05) is 19.5 Å². The average Bonchev–Trinajstić information content (AvgIpc) is 3.02. The van der Waals surface area contributed by atoms with Gasteiger partial charge in [-0.25, -0.2) is 9.59 Å². The van der Waals surface area contributed by atoms with Gasteiger partial charge in [0.1, 0.15) is 5.54 Å². The summed E-state index contributed by atoms with van der Waals surface area (Å²) in [7, 11) is 0. The molecule has 8 heteroatoms. The molecule has 0 aliphatic carbocycles. The Morgan fingerprint density at radius 3 is 2.29 bits per heavy atom. The van der Waals surface area contributed by atoms with Crippen LogP contribution in [0.5, 0.6) is 0 Å². The van der Waals surface area contributed by atoms with Crippen LogP contribution in [0.3, 0.4) is 0 Å². The molecule has 0 aromatic heterocycles. The second-order valence-electron chi connectivity index (χ2n) is 7.37. The van der Waals surface area contributed by atoms with Gasteiger partial charge in [0.2, 0.25) is 5.91 Å². The van der Waals surface area contributed by atoms with Gasteiger partial charge in [-0.1, -0.05) is 74.0 Å². The van der Waals surface area contributed by atoms with Crippen LogP contribution >= 0.6 is 0 Å². The van der Waals surface area contributed by atoms with Crippen molar-refractivity contribution in [2.45, 2.75) is 38.3 Å². The summed E-state index contributed by atoms with van der Waals surface area (Å²) in [5, 5.41) is 7.63. The number of carbonyl (C=O) groups is 4. The molecule has 1 aliphatic heterocycles. The minimum Gasteiger partial charge on any atom is -0.334 e. The summed E-state index contributed by atoms with van der Waals surface area (Å²) in [6, 6.07) is 17.2. The van der Waals surface area contributed by atoms with Crippen LogP contribution in [0.25, 0.3) is 0 Å². The summed E-state index contributed by atoms with van der Waals surface area (Å²) in [5.41, 5.74) is 0.483. The number of hydrogen-bond acceptors (Lipinski definition) is 4. The third kappa shape index (κ3) is 5.09. The Bertz CT molecular complexity index is 949. The lowest BCUT2D eigenvalue weighted by molar-refractivity contribution is -0.132. The Balaban J connectivity index is 1.56. The fourth-order valence-corrected chi connectivity index (χ4v) is 3.66. The van der Waals surface area contributed by atoms with E-state index in [1.165, 1.54) is 0 Å². The van der Waals surface area contributed by atoms with Gasteiger partial charge in [-0.15, -0.1) is 0 Å². The van der Waals surface area contributed by atoms with Crippen molar-refractivity contribution in [1.29, 1.82) is 0 Å². The lowest BCUT2D eigenvalue weighted by Gasteiger charge is -2.26. The second-order valence-corrected chi connectivity index (χ2v) is 7.37. The highest BCUT2D eigenvalue weighted by Crippen LogP contribution is 2.33. The van der Waals surface area contributed by atoms with E-state index < -0.39 is 23.5 Å². The summed E-state index contributed by atoms with van der Waals surface area (Å²) in [5.74, 6) is -0.953. The number of hydrogen-bond donors (Lipinski definition) is 3. The molecule has 0 radical (unpaired) electrons. The molecule has 1 heterocycles. The molecular weight excluding hydrogens is 396 g/mol. The lowest BCUT2D eigenvalue weighted by Crippen LogP contribution is -2.44. The zero-order chi connectivity index (χ0) is 22.3. The normalized spacial score (nSPS) is 17.9. The Labute approximate surface area is 181 Å². The number of urea groups is 2. The van der Waals surface area contributed by atoms with Gasteiger partial charge < -0.3 is 10.6 Å². The van der Waals surface area contributed by atoms with Gasteiger partial charge >= 0.3 is 12.1 Å². The van der Waals surface area contributed by atoms with Gasteiger partial charge in [-0.3, -0.25) is 19.8 Å². The minimum atomic E-state index is -1.13. The maximum Gasteiger partial charge on any atom is 0.325 e. The van der Waals surface area contributed by atoms with Gasteiger partial charge in [-0.05, 0) is 17.5 Å². The van der Waals surface area contributed by atoms with Gasteiger partial charge in [-0.2, -0.15) is 0 Å². The smallest absolute Gasteiger partial charge is 0.325 e. The highest BCUT2D eigenvalue weighted by Gasteiger charge is 2.51. The minimum absolute atomic E-state index is 0.110. The summed E-state index contributed by atoms with van der Waals surface area (Å²) < 4.78 is 0. The molecule has 1 unspecified atom stereocenters. The summed E-state index contributed by atoms with van der Waals surface area (Å²) in [4.78, 5) is 50.8. The number of rotatable bonds is 8. The zero-order valence-electron chi connectivity index (χ0n) is 17.4. The average molecular weight is 422 g/mol. The van der Waals surface area contributed by atoms with Crippen molar-refractivity contribution in [3.8, 4) is 0 Å². The number of imide groups is 2. The zero-order valence-corrected chi connectivity index (χ0v) is 17.4. The van der Waals surface area contributed by atoms with Gasteiger partial charge in [0.25, 0.3) is 5.91 Å². The van der Waals surface area contributed by atoms with E-state index in [1.54, 1.807) is 12.1 Å². The molecule has 31 heavy (non-hydrogen) atoms. The Hall–Kier alpha value is -3.68. The SMILES string of the molecule is CCCC1(c2ccccc2)NC(=O)N(CCC(=O)NC(=O)NCc2ccccc2)C1=O. The third-order valence-corrected chi connectivity index (χ3v) is 5.18. The molecule has 162 valence electrons. The number of benzene rings is 2. The molecule has 1 aliphatic rings. The van der Waals surface area contributed by atoms with Crippen LogP contribution < -0.4 is 16.0 Å². The number of carbonyl (C=O) groups excluding carboxylic acids is 4. The highest BCUT2D eigenvalue weighted by molar-refractivity contribution is 6.07. The van der Waals surface area contributed by atoms with Crippen LogP contribution in [0.1, 0.15) is 37.3 Å². The van der Waals surface area contributed by atoms with Crippen LogP contribution in [-0.4, -0.2) is 35.3 Å². The first-order valence-electron chi connectivity index (χ1n) is 10.3. The van der Waals surface area contributed by atoms with Crippen LogP contribution in [0.4, 0.5) is 9.59 Å². The molecule has 2 aromatic rings. The Morgan fingerprint density at radius 1 is 1.00 bits per heavy atom. The van der Waals surface area contributed by atoms with E-state index >= 15 is 0 Å². The molecule has 1 atom stereocenters. The molecule has 0 bridgehead atoms. The fraction of sp³-hybridized carbons (Fsp3) is 0.304. The van der Waals surface area contributed by atoms with E-state index in [0.717, 1.165) is 10.5 Å². The van der Waals surface area contributed by atoms with Gasteiger partial charge in [0.15, 0.2) is 0 Å². The van der Waals surface area contributed by atoms with E-state index in [-0.39, 0.29) is 25.4 Å². The molecule has 3 N–H and O–H groups in total. The van der Waals surface area contributed by atoms with Gasteiger partial charge in [0.05, 0.1) is 0 Å². The molecule has 6 amide bonds. The first-order chi connectivity index (χ1) is 15.0. The first-order valence-corrected chi connectivity index (χ1v) is 10.3. The molecule has 8 nitrogen and oxygen atoms in total. The van der Waals surface area contributed by atoms with E-state index in [4.69, 9.17) is 0 Å². The monoisotopic (exact) mass is 422 g/mol. The molecule has 1 saturated heterocycles. The highest BCUT2D eigenvalue weighted by atomic mass is 16.2. The predicted molar refractivity (Wildman–Crippen MR) is 115 cm³/mol. The summed E-state index contributed by atoms with van der Waals surface area (Å²) in [6.07, 6.45) is 0.970. The Kier molecular flexibility index (Phi) is 7.02. The molecule has 3 rings (SSSR count). The largest absolute Gasteiger partial charge is 0.334 e. The quantitative estimate of drug-likeness (QED) is 0.569. The molecule has 1 fully saturated rings. The van der Waals surface area contributed by atoms with Crippen LogP contribution in [-0.2, 0) is 21.7 Å². The topological polar surface area (TPSA) is 108 Å². The second kappa shape index (κ2) is 9.88. The number of amides is 6. The lowest BCUT2D eigenvalue weighted by atomic mass is 9.85. The molecular formula is C23H26N4O4. The fourth-order valence-electron chi connectivity index (χ4n) is 3.66. The van der Waals surface area contributed by atoms with Crippen molar-refractivity contribution in [3.63, 3.8) is 0 Å². The van der Waals surface area contributed by atoms with Crippen molar-refractivity contribution < 1.29 is 19.2 Å². The first kappa shape index (κ1) is 22.0. The molecule has 0 spiro atoms. The van der Waals surface area contributed by atoms with E-state index in [0.29, 0.717) is 18.4 Å². The maximum absolute atomic E-state index is 13.2. The van der Waals surface area contributed by atoms with Crippen molar-refractivity contribution in [3.05, 3.63) is 71.8 Å². The number of nitrogens with one attached hydrogen (secondary N) is 3. The van der Waals surface area contributed by atoms with Crippen LogP contribution in [0.2, 0.25) is 0 Å². The van der Waals surface area contributed by atoms with E-state index in [2.05, 4.69) is 16.0 Å². The van der Waals surface area contributed by atoms with E-state index in [9.17, 15) is 19.2 Å². The van der Waals surface area contributed by atoms with Crippen molar-refractivity contribution >= 4 is 23.9 Å². The van der Waals surface area contributed by atoms with Crippen molar-refractivity contribution in [2.75, 3.05) is 6.54 Å². The van der Waals surface area contributed by atoms with Crippen molar-refractivity contribution in [1.82, 2.24) is 20.9 Å². The van der Waals surface area contributed by atoms with Crippen molar-refractivity contribution in [2.24, 2.45) is 0 Å². The van der Waals surface area contributed by atoms with Crippen LogP contribution in [0, 0.1) is 0 Å². The summed E-state index contributed by atoms with van der Waals surface area (Å²) >= 11 is 0. The Morgan fingerprint density at radius 2 is 1.65 bits per heavy atom. The molecule has 2 aromatic carbocycles. The molecule has 0 saturated carbocycles. The predicted octanol–water partition coefficient (Wildman–Crippen LogP) is 2.65.